The van der Waals surface area contributed by atoms with Crippen LogP contribution in [0, 0.1) is 17.0 Å². The van der Waals surface area contributed by atoms with Crippen LogP contribution >= 0.6 is 0 Å². The van der Waals surface area contributed by atoms with E-state index in [1.54, 1.807) is 32.0 Å². The summed E-state index contributed by atoms with van der Waals surface area (Å²) in [6.07, 6.45) is -0.537. The van der Waals surface area contributed by atoms with E-state index < -0.39 is 11.0 Å². The fourth-order valence-corrected chi connectivity index (χ4v) is 1.30. The number of aliphatic hydroxyl groups is 1. The molecule has 0 saturated heterocycles. The highest BCUT2D eigenvalue weighted by atomic mass is 16.6. The number of nitrogens with one attached hydrogen (secondary N) is 1. The van der Waals surface area contributed by atoms with Crippen LogP contribution in [-0.2, 0) is 0 Å². The number of aryl methyl sites for hydroxylation is 1. The zero-order chi connectivity index (χ0) is 11.4. The number of rotatable bonds is 4. The van der Waals surface area contributed by atoms with Crippen molar-refractivity contribution in [3.63, 3.8) is 0 Å². The van der Waals surface area contributed by atoms with Gasteiger partial charge in [0, 0.05) is 12.1 Å². The molecule has 0 aromatic heterocycles. The predicted molar refractivity (Wildman–Crippen MR) is 58.0 cm³/mol. The van der Waals surface area contributed by atoms with Gasteiger partial charge in [-0.05, 0) is 19.9 Å². The van der Waals surface area contributed by atoms with Gasteiger partial charge in [0.25, 0.3) is 5.69 Å². The highest BCUT2D eigenvalue weighted by Crippen LogP contribution is 2.27. The predicted octanol–water partition coefficient (Wildman–Crippen LogP) is 1.70. The maximum absolute atomic E-state index is 10.8. The molecule has 0 heterocycles. The molecule has 1 rings (SSSR count). The van der Waals surface area contributed by atoms with Gasteiger partial charge in [-0.15, -0.1) is 0 Å². The van der Waals surface area contributed by atoms with Crippen LogP contribution in [0.2, 0.25) is 0 Å². The summed E-state index contributed by atoms with van der Waals surface area (Å²) in [4.78, 5) is 10.4. The lowest BCUT2D eigenvalue weighted by Crippen LogP contribution is -2.16. The molecule has 1 atom stereocenters. The van der Waals surface area contributed by atoms with Gasteiger partial charge in [-0.1, -0.05) is 12.1 Å². The molecule has 0 aliphatic heterocycles. The van der Waals surface area contributed by atoms with E-state index in [0.29, 0.717) is 17.8 Å². The van der Waals surface area contributed by atoms with Crippen LogP contribution in [-0.4, -0.2) is 22.7 Å². The summed E-state index contributed by atoms with van der Waals surface area (Å²) in [6, 6.07) is 5.06. The Morgan fingerprint density at radius 2 is 2.27 bits per heavy atom. The van der Waals surface area contributed by atoms with E-state index in [9.17, 15) is 10.1 Å². The minimum atomic E-state index is -0.537. The SMILES string of the molecule is Cc1cccc(NCC(C)O)c1[N+](=O)[O-]. The average Bonchev–Trinajstić information content (AvgIpc) is 2.13. The molecule has 0 bridgehead atoms. The van der Waals surface area contributed by atoms with Crippen LogP contribution in [0.25, 0.3) is 0 Å². The van der Waals surface area contributed by atoms with E-state index in [1.807, 2.05) is 0 Å². The molecule has 0 saturated carbocycles. The van der Waals surface area contributed by atoms with Gasteiger partial charge >= 0.3 is 0 Å². The van der Waals surface area contributed by atoms with Crippen molar-refractivity contribution >= 4 is 11.4 Å². The third-order valence-corrected chi connectivity index (χ3v) is 2.01. The summed E-state index contributed by atoms with van der Waals surface area (Å²) in [6.45, 7) is 3.60. The molecule has 0 aliphatic rings. The highest BCUT2D eigenvalue weighted by molar-refractivity contribution is 5.64. The number of nitro benzene ring substituents is 1. The Balaban J connectivity index is 2.96. The fourth-order valence-electron chi connectivity index (χ4n) is 1.30. The quantitative estimate of drug-likeness (QED) is 0.585. The number of anilines is 1. The minimum Gasteiger partial charge on any atom is -0.392 e. The van der Waals surface area contributed by atoms with Gasteiger partial charge in [0.2, 0.25) is 0 Å². The van der Waals surface area contributed by atoms with E-state index in [4.69, 9.17) is 5.11 Å². The standard InChI is InChI=1S/C10H14N2O3/c1-7-4-3-5-9(10(7)12(14)15)11-6-8(2)13/h3-5,8,11,13H,6H2,1-2H3. The largest absolute Gasteiger partial charge is 0.392 e. The average molecular weight is 210 g/mol. The molecule has 0 radical (unpaired) electrons. The van der Waals surface area contributed by atoms with Crippen molar-refractivity contribution in [3.8, 4) is 0 Å². The van der Waals surface area contributed by atoms with Crippen molar-refractivity contribution in [1.29, 1.82) is 0 Å². The maximum atomic E-state index is 10.8. The van der Waals surface area contributed by atoms with Crippen LogP contribution in [0.4, 0.5) is 11.4 Å². The highest BCUT2D eigenvalue weighted by Gasteiger charge is 2.16. The molecule has 2 N–H and O–H groups in total. The summed E-state index contributed by atoms with van der Waals surface area (Å²) < 4.78 is 0. The molecule has 0 aliphatic carbocycles. The van der Waals surface area contributed by atoms with Gasteiger partial charge in [0.1, 0.15) is 5.69 Å². The van der Waals surface area contributed by atoms with Gasteiger partial charge < -0.3 is 10.4 Å². The number of aliphatic hydroxyl groups excluding tert-OH is 1. The lowest BCUT2D eigenvalue weighted by molar-refractivity contribution is -0.384. The van der Waals surface area contributed by atoms with Crippen molar-refractivity contribution < 1.29 is 10.0 Å². The molecular weight excluding hydrogens is 196 g/mol. The topological polar surface area (TPSA) is 75.4 Å². The molecule has 0 amide bonds. The summed E-state index contributed by atoms with van der Waals surface area (Å²) in [7, 11) is 0. The normalized spacial score (nSPS) is 12.2. The van der Waals surface area contributed by atoms with Crippen molar-refractivity contribution in [1.82, 2.24) is 0 Å². The van der Waals surface area contributed by atoms with E-state index in [2.05, 4.69) is 5.32 Å². The van der Waals surface area contributed by atoms with Gasteiger partial charge in [-0.25, -0.2) is 0 Å². The van der Waals surface area contributed by atoms with Crippen molar-refractivity contribution in [2.45, 2.75) is 20.0 Å². The molecule has 5 heteroatoms. The van der Waals surface area contributed by atoms with Crippen LogP contribution in [0.3, 0.4) is 0 Å². The third kappa shape index (κ3) is 2.92. The minimum absolute atomic E-state index is 0.0677. The van der Waals surface area contributed by atoms with Crippen LogP contribution < -0.4 is 5.32 Å². The lowest BCUT2D eigenvalue weighted by Gasteiger charge is -2.09. The summed E-state index contributed by atoms with van der Waals surface area (Å²) in [5, 5.41) is 22.7. The Hall–Kier alpha value is -1.62. The number of hydrogen-bond acceptors (Lipinski definition) is 4. The molecule has 5 nitrogen and oxygen atoms in total. The first-order chi connectivity index (χ1) is 7.02. The summed E-state index contributed by atoms with van der Waals surface area (Å²) >= 11 is 0. The number of nitro groups is 1. The van der Waals surface area contributed by atoms with Gasteiger partial charge in [0.05, 0.1) is 11.0 Å². The van der Waals surface area contributed by atoms with Gasteiger partial charge in [0.15, 0.2) is 0 Å². The number of nitrogens with zero attached hydrogens (tertiary/aromatic N) is 1. The first-order valence-electron chi connectivity index (χ1n) is 4.68. The second-order valence-corrected chi connectivity index (χ2v) is 3.46. The molecule has 1 aromatic carbocycles. The second kappa shape index (κ2) is 4.75. The Morgan fingerprint density at radius 3 is 2.80 bits per heavy atom. The molecule has 1 unspecified atom stereocenters. The molecule has 0 fully saturated rings. The Kier molecular flexibility index (Phi) is 3.62. The third-order valence-electron chi connectivity index (χ3n) is 2.01. The monoisotopic (exact) mass is 210 g/mol. The van der Waals surface area contributed by atoms with Gasteiger partial charge in [-0.3, -0.25) is 10.1 Å². The van der Waals surface area contributed by atoms with Crippen LogP contribution in [0.1, 0.15) is 12.5 Å². The van der Waals surface area contributed by atoms with Crippen molar-refractivity contribution in [3.05, 3.63) is 33.9 Å². The molecule has 82 valence electrons. The summed E-state index contributed by atoms with van der Waals surface area (Å²) in [5.74, 6) is 0. The Bertz CT molecular complexity index is 364. The number of hydrogen-bond donors (Lipinski definition) is 2. The first kappa shape index (κ1) is 11.5. The van der Waals surface area contributed by atoms with E-state index in [1.165, 1.54) is 0 Å². The second-order valence-electron chi connectivity index (χ2n) is 3.46. The molecular formula is C10H14N2O3. The molecule has 1 aromatic rings. The zero-order valence-corrected chi connectivity index (χ0v) is 8.73. The zero-order valence-electron chi connectivity index (χ0n) is 8.73. The van der Waals surface area contributed by atoms with E-state index >= 15 is 0 Å². The molecule has 0 spiro atoms. The van der Waals surface area contributed by atoms with Crippen LogP contribution in [0.5, 0.6) is 0 Å². The fraction of sp³-hybridized carbons (Fsp3) is 0.400. The van der Waals surface area contributed by atoms with Gasteiger partial charge in [-0.2, -0.15) is 0 Å². The Labute approximate surface area is 87.9 Å². The maximum Gasteiger partial charge on any atom is 0.295 e. The van der Waals surface area contributed by atoms with E-state index in [0.717, 1.165) is 0 Å². The van der Waals surface area contributed by atoms with Crippen molar-refractivity contribution in [2.75, 3.05) is 11.9 Å². The smallest absolute Gasteiger partial charge is 0.295 e. The van der Waals surface area contributed by atoms with Crippen molar-refractivity contribution in [2.24, 2.45) is 0 Å². The number of benzene rings is 1. The number of para-hydroxylation sites is 1. The van der Waals surface area contributed by atoms with Crippen LogP contribution in [0.15, 0.2) is 18.2 Å². The first-order valence-corrected chi connectivity index (χ1v) is 4.68. The summed E-state index contributed by atoms with van der Waals surface area (Å²) in [5.41, 5.74) is 1.12. The van der Waals surface area contributed by atoms with E-state index in [-0.39, 0.29) is 5.69 Å². The lowest BCUT2D eigenvalue weighted by atomic mass is 10.1. The Morgan fingerprint density at radius 1 is 1.60 bits per heavy atom. The molecule has 15 heavy (non-hydrogen) atoms.